The lowest BCUT2D eigenvalue weighted by atomic mass is 10.1. The third kappa shape index (κ3) is 6.19. The molecule has 2 aromatic carbocycles. The zero-order valence-corrected chi connectivity index (χ0v) is 17.0. The molecular formula is C23H29FN2O2. The normalized spacial score (nSPS) is 11.9. The van der Waals surface area contributed by atoms with Crippen LogP contribution in [0.3, 0.4) is 0 Å². The summed E-state index contributed by atoms with van der Waals surface area (Å²) >= 11 is 0. The molecule has 2 aromatic rings. The van der Waals surface area contributed by atoms with E-state index in [0.29, 0.717) is 12.0 Å². The fraction of sp³-hybridized carbons (Fsp3) is 0.391. The fourth-order valence-electron chi connectivity index (χ4n) is 2.95. The van der Waals surface area contributed by atoms with Gasteiger partial charge in [-0.3, -0.25) is 9.59 Å². The maximum absolute atomic E-state index is 14.1. The Hall–Kier alpha value is -2.69. The standard InChI is InChI=1S/C23H29FN2O2/c1-16(2)25-23(28)18(4)26(15-20-7-5-6-8-21(20)24)22(27)14-13-19-11-9-17(3)10-12-19/h5-12,16,18H,13-15H2,1-4H3,(H,25,28)/t18-/m1/s1. The molecule has 5 heteroatoms. The maximum Gasteiger partial charge on any atom is 0.242 e. The summed E-state index contributed by atoms with van der Waals surface area (Å²) in [7, 11) is 0. The van der Waals surface area contributed by atoms with Crippen molar-refractivity contribution in [1.29, 1.82) is 0 Å². The van der Waals surface area contributed by atoms with Crippen molar-refractivity contribution < 1.29 is 14.0 Å². The molecule has 0 spiro atoms. The van der Waals surface area contributed by atoms with Crippen molar-refractivity contribution >= 4 is 11.8 Å². The van der Waals surface area contributed by atoms with Crippen molar-refractivity contribution in [3.8, 4) is 0 Å². The van der Waals surface area contributed by atoms with Crippen LogP contribution in [-0.2, 0) is 22.6 Å². The van der Waals surface area contributed by atoms with Crippen LogP contribution >= 0.6 is 0 Å². The number of rotatable bonds is 8. The van der Waals surface area contributed by atoms with E-state index >= 15 is 0 Å². The molecule has 0 aliphatic rings. The molecule has 0 heterocycles. The van der Waals surface area contributed by atoms with Gasteiger partial charge in [0.05, 0.1) is 0 Å². The van der Waals surface area contributed by atoms with Gasteiger partial charge in [0.25, 0.3) is 0 Å². The summed E-state index contributed by atoms with van der Waals surface area (Å²) in [5.74, 6) is -0.791. The summed E-state index contributed by atoms with van der Waals surface area (Å²) in [6.45, 7) is 7.49. The Kier molecular flexibility index (Phi) is 7.73. The Balaban J connectivity index is 2.15. The number of aryl methyl sites for hydroxylation is 2. The van der Waals surface area contributed by atoms with E-state index in [0.717, 1.165) is 11.1 Å². The van der Waals surface area contributed by atoms with Gasteiger partial charge in [0, 0.05) is 24.6 Å². The first-order chi connectivity index (χ1) is 13.3. The summed E-state index contributed by atoms with van der Waals surface area (Å²) in [4.78, 5) is 26.9. The maximum atomic E-state index is 14.1. The number of amides is 2. The zero-order valence-electron chi connectivity index (χ0n) is 17.0. The van der Waals surface area contributed by atoms with E-state index in [4.69, 9.17) is 0 Å². The topological polar surface area (TPSA) is 49.4 Å². The van der Waals surface area contributed by atoms with Crippen molar-refractivity contribution in [3.05, 3.63) is 71.0 Å². The van der Waals surface area contributed by atoms with Gasteiger partial charge < -0.3 is 10.2 Å². The van der Waals surface area contributed by atoms with Crippen molar-refractivity contribution in [1.82, 2.24) is 10.2 Å². The molecule has 0 aliphatic heterocycles. The monoisotopic (exact) mass is 384 g/mol. The number of nitrogens with one attached hydrogen (secondary N) is 1. The molecule has 0 saturated carbocycles. The van der Waals surface area contributed by atoms with E-state index in [1.165, 1.54) is 11.0 Å². The third-order valence-corrected chi connectivity index (χ3v) is 4.64. The Morgan fingerprint density at radius 3 is 2.29 bits per heavy atom. The van der Waals surface area contributed by atoms with E-state index in [1.54, 1.807) is 25.1 Å². The van der Waals surface area contributed by atoms with Gasteiger partial charge in [-0.2, -0.15) is 0 Å². The molecule has 28 heavy (non-hydrogen) atoms. The van der Waals surface area contributed by atoms with Crippen molar-refractivity contribution in [2.75, 3.05) is 0 Å². The van der Waals surface area contributed by atoms with Gasteiger partial charge >= 0.3 is 0 Å². The highest BCUT2D eigenvalue weighted by Gasteiger charge is 2.26. The lowest BCUT2D eigenvalue weighted by Crippen LogP contribution is -2.49. The van der Waals surface area contributed by atoms with E-state index in [1.807, 2.05) is 45.0 Å². The lowest BCUT2D eigenvalue weighted by molar-refractivity contribution is -0.140. The minimum absolute atomic E-state index is 0.0343. The predicted molar refractivity (Wildman–Crippen MR) is 109 cm³/mol. The quantitative estimate of drug-likeness (QED) is 0.748. The first-order valence-electron chi connectivity index (χ1n) is 9.66. The molecule has 0 bridgehead atoms. The van der Waals surface area contributed by atoms with Crippen LogP contribution in [0.1, 0.15) is 43.9 Å². The Bertz CT molecular complexity index is 803. The number of carbonyl (C=O) groups is 2. The Morgan fingerprint density at radius 1 is 1.04 bits per heavy atom. The van der Waals surface area contributed by atoms with E-state index < -0.39 is 6.04 Å². The Labute approximate surface area is 166 Å². The van der Waals surface area contributed by atoms with Crippen LogP contribution in [-0.4, -0.2) is 28.8 Å². The third-order valence-electron chi connectivity index (χ3n) is 4.64. The summed E-state index contributed by atoms with van der Waals surface area (Å²) in [6.07, 6.45) is 0.836. The molecule has 0 aromatic heterocycles. The first-order valence-corrected chi connectivity index (χ1v) is 9.66. The molecule has 0 fully saturated rings. The highest BCUT2D eigenvalue weighted by Crippen LogP contribution is 2.15. The van der Waals surface area contributed by atoms with Crippen LogP contribution in [0.4, 0.5) is 4.39 Å². The number of nitrogens with zero attached hydrogens (tertiary/aromatic N) is 1. The number of carbonyl (C=O) groups excluding carboxylic acids is 2. The predicted octanol–water partition coefficient (Wildman–Crippen LogP) is 4.01. The van der Waals surface area contributed by atoms with Crippen LogP contribution in [0.5, 0.6) is 0 Å². The number of hydrogen-bond donors (Lipinski definition) is 1. The van der Waals surface area contributed by atoms with Crippen LogP contribution < -0.4 is 5.32 Å². The van der Waals surface area contributed by atoms with Gasteiger partial charge in [0.1, 0.15) is 11.9 Å². The van der Waals surface area contributed by atoms with Crippen molar-refractivity contribution in [3.63, 3.8) is 0 Å². The van der Waals surface area contributed by atoms with Crippen LogP contribution in [0, 0.1) is 12.7 Å². The van der Waals surface area contributed by atoms with Crippen molar-refractivity contribution in [2.24, 2.45) is 0 Å². The van der Waals surface area contributed by atoms with Gasteiger partial charge in [0.15, 0.2) is 0 Å². The second-order valence-electron chi connectivity index (χ2n) is 7.44. The molecule has 150 valence electrons. The van der Waals surface area contributed by atoms with Crippen molar-refractivity contribution in [2.45, 2.75) is 59.2 Å². The van der Waals surface area contributed by atoms with Crippen LogP contribution in [0.15, 0.2) is 48.5 Å². The molecule has 4 nitrogen and oxygen atoms in total. The van der Waals surface area contributed by atoms with Crippen LogP contribution in [0.2, 0.25) is 0 Å². The molecule has 0 saturated heterocycles. The van der Waals surface area contributed by atoms with E-state index in [9.17, 15) is 14.0 Å². The molecule has 2 amide bonds. The summed E-state index contributed by atoms with van der Waals surface area (Å²) < 4.78 is 14.1. The highest BCUT2D eigenvalue weighted by atomic mass is 19.1. The van der Waals surface area contributed by atoms with Gasteiger partial charge in [-0.25, -0.2) is 4.39 Å². The second kappa shape index (κ2) is 10.0. The minimum atomic E-state index is -0.687. The fourth-order valence-corrected chi connectivity index (χ4v) is 2.95. The van der Waals surface area contributed by atoms with Gasteiger partial charge in [0.2, 0.25) is 11.8 Å². The van der Waals surface area contributed by atoms with Gasteiger partial charge in [-0.1, -0.05) is 48.0 Å². The van der Waals surface area contributed by atoms with E-state index in [-0.39, 0.29) is 36.6 Å². The van der Waals surface area contributed by atoms with Crippen LogP contribution in [0.25, 0.3) is 0 Å². The summed E-state index contributed by atoms with van der Waals surface area (Å²) in [6, 6.07) is 13.6. The zero-order chi connectivity index (χ0) is 20.7. The van der Waals surface area contributed by atoms with Gasteiger partial charge in [-0.15, -0.1) is 0 Å². The minimum Gasteiger partial charge on any atom is -0.352 e. The molecule has 0 unspecified atom stereocenters. The summed E-state index contributed by atoms with van der Waals surface area (Å²) in [5, 5.41) is 2.83. The number of benzene rings is 2. The largest absolute Gasteiger partial charge is 0.352 e. The number of halogens is 1. The molecular weight excluding hydrogens is 355 g/mol. The molecule has 0 aliphatic carbocycles. The molecule has 0 radical (unpaired) electrons. The SMILES string of the molecule is Cc1ccc(CCC(=O)N(Cc2ccccc2F)[C@H](C)C(=O)NC(C)C)cc1. The number of hydrogen-bond acceptors (Lipinski definition) is 2. The molecule has 1 N–H and O–H groups in total. The highest BCUT2D eigenvalue weighted by molar-refractivity contribution is 5.87. The lowest BCUT2D eigenvalue weighted by Gasteiger charge is -2.29. The smallest absolute Gasteiger partial charge is 0.242 e. The average Bonchev–Trinajstić information content (AvgIpc) is 2.65. The second-order valence-corrected chi connectivity index (χ2v) is 7.44. The molecule has 2 rings (SSSR count). The van der Waals surface area contributed by atoms with E-state index in [2.05, 4.69) is 5.32 Å². The summed E-state index contributed by atoms with van der Waals surface area (Å²) in [5.41, 5.74) is 2.62. The Morgan fingerprint density at radius 2 is 1.68 bits per heavy atom. The van der Waals surface area contributed by atoms with Gasteiger partial charge in [-0.05, 0) is 45.7 Å². The average molecular weight is 384 g/mol. The first kappa shape index (κ1) is 21.6. The molecule has 1 atom stereocenters.